The van der Waals surface area contributed by atoms with Gasteiger partial charge >= 0.3 is 5.97 Å². The van der Waals surface area contributed by atoms with E-state index in [9.17, 15) is 9.59 Å². The third-order valence-electron chi connectivity index (χ3n) is 5.38. The van der Waals surface area contributed by atoms with Crippen molar-refractivity contribution in [2.24, 2.45) is 0 Å². The number of hydrogen-bond acceptors (Lipinski definition) is 3. The van der Waals surface area contributed by atoms with Crippen LogP contribution in [0.2, 0.25) is 0 Å². The quantitative estimate of drug-likeness (QED) is 0.422. The molecule has 0 heterocycles. The van der Waals surface area contributed by atoms with Gasteiger partial charge in [-0.1, -0.05) is 55.5 Å². The largest absolute Gasteiger partial charge is 0.478 e. The van der Waals surface area contributed by atoms with Gasteiger partial charge < -0.3 is 14.9 Å². The van der Waals surface area contributed by atoms with Crippen molar-refractivity contribution in [3.63, 3.8) is 0 Å². The summed E-state index contributed by atoms with van der Waals surface area (Å²) < 4.78 is 0. The fraction of sp³-hybridized carbons (Fsp3) is 0.214. The summed E-state index contributed by atoms with van der Waals surface area (Å²) >= 11 is 0. The number of carbonyl (C=O) groups excluding carboxylic acids is 1. The van der Waals surface area contributed by atoms with Crippen molar-refractivity contribution >= 4 is 29.3 Å². The summed E-state index contributed by atoms with van der Waals surface area (Å²) in [6.45, 7) is 2.43. The first-order chi connectivity index (χ1) is 15.9. The van der Waals surface area contributed by atoms with Crippen LogP contribution in [0, 0.1) is 0 Å². The molecule has 0 saturated heterocycles. The Morgan fingerprint density at radius 2 is 1.52 bits per heavy atom. The zero-order chi connectivity index (χ0) is 23.8. The third-order valence-corrected chi connectivity index (χ3v) is 5.38. The standard InChI is InChI=1S/C28H30N2O3/c1-4-6-27(31)30(26-8-5-7-21(19-26)11-18-28(32)33)20-22-9-12-23(13-10-22)24-14-16-25(17-15-24)29(2)3/h5,7-19H,4,6,20H2,1-3H3,(H,32,33). The molecule has 0 spiro atoms. The molecule has 0 unspecified atom stereocenters. The van der Waals surface area contributed by atoms with Gasteiger partial charge in [-0.25, -0.2) is 4.79 Å². The summed E-state index contributed by atoms with van der Waals surface area (Å²) in [4.78, 5) is 27.6. The molecule has 170 valence electrons. The molecule has 0 bridgehead atoms. The molecule has 0 fully saturated rings. The molecule has 1 N–H and O–H groups in total. The maximum atomic E-state index is 12.9. The summed E-state index contributed by atoms with van der Waals surface area (Å²) in [5, 5.41) is 8.90. The first kappa shape index (κ1) is 23.8. The number of carboxylic acid groups (broad SMARTS) is 1. The summed E-state index contributed by atoms with van der Waals surface area (Å²) in [5.74, 6) is -0.962. The monoisotopic (exact) mass is 442 g/mol. The second kappa shape index (κ2) is 11.1. The van der Waals surface area contributed by atoms with Gasteiger partial charge in [0, 0.05) is 38.0 Å². The lowest BCUT2D eigenvalue weighted by molar-refractivity contribution is -0.131. The van der Waals surface area contributed by atoms with Crippen LogP contribution < -0.4 is 9.80 Å². The highest BCUT2D eigenvalue weighted by Crippen LogP contribution is 2.25. The third kappa shape index (κ3) is 6.56. The van der Waals surface area contributed by atoms with Crippen molar-refractivity contribution in [2.45, 2.75) is 26.3 Å². The van der Waals surface area contributed by atoms with Gasteiger partial charge in [-0.15, -0.1) is 0 Å². The molecule has 0 aliphatic heterocycles. The van der Waals surface area contributed by atoms with Crippen LogP contribution in [0.3, 0.4) is 0 Å². The molecule has 1 amide bonds. The molecule has 0 aliphatic rings. The molecule has 0 saturated carbocycles. The molecule has 3 aromatic carbocycles. The summed E-state index contributed by atoms with van der Waals surface area (Å²) in [6.07, 6.45) is 3.84. The highest BCUT2D eigenvalue weighted by molar-refractivity contribution is 5.94. The number of rotatable bonds is 9. The van der Waals surface area contributed by atoms with Gasteiger partial charge in [-0.05, 0) is 59.0 Å². The van der Waals surface area contributed by atoms with E-state index in [4.69, 9.17) is 5.11 Å². The molecule has 3 aromatic rings. The van der Waals surface area contributed by atoms with Gasteiger partial charge in [-0.3, -0.25) is 4.79 Å². The molecule has 3 rings (SSSR count). The van der Waals surface area contributed by atoms with E-state index < -0.39 is 5.97 Å². The van der Waals surface area contributed by atoms with Gasteiger partial charge in [0.2, 0.25) is 5.91 Å². The first-order valence-corrected chi connectivity index (χ1v) is 11.1. The number of hydrogen-bond donors (Lipinski definition) is 1. The highest BCUT2D eigenvalue weighted by atomic mass is 16.4. The number of carboxylic acids is 1. The van der Waals surface area contributed by atoms with E-state index in [1.165, 1.54) is 6.08 Å². The lowest BCUT2D eigenvalue weighted by Crippen LogP contribution is -2.30. The topological polar surface area (TPSA) is 60.9 Å². The van der Waals surface area contributed by atoms with Crippen LogP contribution in [0.1, 0.15) is 30.9 Å². The summed E-state index contributed by atoms with van der Waals surface area (Å²) in [7, 11) is 4.04. The maximum absolute atomic E-state index is 12.9. The van der Waals surface area contributed by atoms with Crippen LogP contribution in [-0.4, -0.2) is 31.1 Å². The molecule has 0 radical (unpaired) electrons. The predicted octanol–water partition coefficient (Wildman–Crippen LogP) is 5.85. The van der Waals surface area contributed by atoms with Crippen molar-refractivity contribution in [1.82, 2.24) is 0 Å². The number of nitrogens with zero attached hydrogens (tertiary/aromatic N) is 2. The minimum atomic E-state index is -1.00. The zero-order valence-corrected chi connectivity index (χ0v) is 19.4. The van der Waals surface area contributed by atoms with Crippen LogP contribution in [-0.2, 0) is 16.1 Å². The Balaban J connectivity index is 1.83. The van der Waals surface area contributed by atoms with Crippen LogP contribution in [0.4, 0.5) is 11.4 Å². The number of benzene rings is 3. The van der Waals surface area contributed by atoms with Crippen molar-refractivity contribution in [2.75, 3.05) is 23.9 Å². The Hall–Kier alpha value is -3.86. The fourth-order valence-electron chi connectivity index (χ4n) is 3.57. The van der Waals surface area contributed by atoms with Crippen molar-refractivity contribution in [3.05, 3.63) is 90.0 Å². The fourth-order valence-corrected chi connectivity index (χ4v) is 3.57. The van der Waals surface area contributed by atoms with Crippen LogP contribution in [0.15, 0.2) is 78.9 Å². The number of carbonyl (C=O) groups is 2. The van der Waals surface area contributed by atoms with Gasteiger partial charge in [0.05, 0.1) is 6.54 Å². The molecule has 0 aromatic heterocycles. The van der Waals surface area contributed by atoms with Gasteiger partial charge in [0.25, 0.3) is 0 Å². The Morgan fingerprint density at radius 3 is 2.09 bits per heavy atom. The second-order valence-corrected chi connectivity index (χ2v) is 8.13. The molecular weight excluding hydrogens is 412 g/mol. The average molecular weight is 443 g/mol. The SMILES string of the molecule is CCCC(=O)N(Cc1ccc(-c2ccc(N(C)C)cc2)cc1)c1cccc(C=CC(=O)O)c1. The zero-order valence-electron chi connectivity index (χ0n) is 19.4. The number of aliphatic carboxylic acids is 1. The highest BCUT2D eigenvalue weighted by Gasteiger charge is 2.16. The minimum Gasteiger partial charge on any atom is -0.478 e. The summed E-state index contributed by atoms with van der Waals surface area (Å²) in [5.41, 5.74) is 5.94. The smallest absolute Gasteiger partial charge is 0.328 e. The Morgan fingerprint density at radius 1 is 0.879 bits per heavy atom. The van der Waals surface area contributed by atoms with Crippen LogP contribution in [0.5, 0.6) is 0 Å². The Kier molecular flexibility index (Phi) is 8.03. The normalized spacial score (nSPS) is 10.9. The van der Waals surface area contributed by atoms with E-state index in [2.05, 4.69) is 53.4 Å². The molecule has 0 aliphatic carbocycles. The maximum Gasteiger partial charge on any atom is 0.328 e. The van der Waals surface area contributed by atoms with E-state index in [1.54, 1.807) is 4.90 Å². The second-order valence-electron chi connectivity index (χ2n) is 8.13. The van der Waals surface area contributed by atoms with Crippen LogP contribution >= 0.6 is 0 Å². The van der Waals surface area contributed by atoms with Crippen LogP contribution in [0.25, 0.3) is 17.2 Å². The first-order valence-electron chi connectivity index (χ1n) is 11.1. The summed E-state index contributed by atoms with van der Waals surface area (Å²) in [6, 6.07) is 24.1. The molecule has 5 heteroatoms. The van der Waals surface area contributed by atoms with E-state index in [0.29, 0.717) is 13.0 Å². The molecule has 5 nitrogen and oxygen atoms in total. The van der Waals surface area contributed by atoms with E-state index >= 15 is 0 Å². The van der Waals surface area contributed by atoms with Crippen molar-refractivity contribution in [3.8, 4) is 11.1 Å². The van der Waals surface area contributed by atoms with E-state index in [1.807, 2.05) is 45.3 Å². The Labute approximate surface area is 195 Å². The van der Waals surface area contributed by atoms with E-state index in [-0.39, 0.29) is 5.91 Å². The lowest BCUT2D eigenvalue weighted by atomic mass is 10.0. The predicted molar refractivity (Wildman–Crippen MR) is 135 cm³/mol. The number of anilines is 2. The number of amides is 1. The molecular formula is C28H30N2O3. The minimum absolute atomic E-state index is 0.0419. The van der Waals surface area contributed by atoms with Gasteiger partial charge in [0.15, 0.2) is 0 Å². The average Bonchev–Trinajstić information content (AvgIpc) is 2.82. The lowest BCUT2D eigenvalue weighted by Gasteiger charge is -2.23. The van der Waals surface area contributed by atoms with Crippen molar-refractivity contribution < 1.29 is 14.7 Å². The van der Waals surface area contributed by atoms with E-state index in [0.717, 1.165) is 46.1 Å². The molecule has 0 atom stereocenters. The Bertz CT molecular complexity index is 1120. The van der Waals surface area contributed by atoms with Gasteiger partial charge in [0.1, 0.15) is 0 Å². The van der Waals surface area contributed by atoms with Crippen molar-refractivity contribution in [1.29, 1.82) is 0 Å². The molecule has 33 heavy (non-hydrogen) atoms. The van der Waals surface area contributed by atoms with Gasteiger partial charge in [-0.2, -0.15) is 0 Å².